The number of nitrogens with zero attached hydrogens (tertiary/aromatic N) is 2. The van der Waals surface area contributed by atoms with E-state index in [9.17, 15) is 18.0 Å². The van der Waals surface area contributed by atoms with Crippen molar-refractivity contribution in [2.75, 3.05) is 10.8 Å². The van der Waals surface area contributed by atoms with Crippen LogP contribution in [0.25, 0.3) is 0 Å². The number of sulfonamides is 1. The van der Waals surface area contributed by atoms with Gasteiger partial charge in [0.2, 0.25) is 11.8 Å². The lowest BCUT2D eigenvalue weighted by Gasteiger charge is -2.35. The van der Waals surface area contributed by atoms with Crippen LogP contribution >= 0.6 is 0 Å². The fourth-order valence-electron chi connectivity index (χ4n) is 5.33. The molecule has 8 heteroatoms. The van der Waals surface area contributed by atoms with Crippen LogP contribution in [0.3, 0.4) is 0 Å². The quantitative estimate of drug-likeness (QED) is 0.210. The van der Waals surface area contributed by atoms with Gasteiger partial charge in [0.05, 0.1) is 10.6 Å². The van der Waals surface area contributed by atoms with E-state index in [0.29, 0.717) is 5.69 Å². The second-order valence-corrected chi connectivity index (χ2v) is 14.4. The molecule has 0 spiro atoms. The van der Waals surface area contributed by atoms with E-state index in [2.05, 4.69) is 5.32 Å². The Kier molecular flexibility index (Phi) is 10.5. The molecule has 0 saturated heterocycles. The second-order valence-electron chi connectivity index (χ2n) is 12.6. The molecular weight excluding hydrogens is 582 g/mol. The molecule has 1 atom stereocenters. The summed E-state index contributed by atoms with van der Waals surface area (Å²) in [6.07, 6.45) is 0.259. The van der Waals surface area contributed by atoms with Gasteiger partial charge in [-0.3, -0.25) is 13.9 Å². The summed E-state index contributed by atoms with van der Waals surface area (Å²) in [6, 6.07) is 30.0. The summed E-state index contributed by atoms with van der Waals surface area (Å²) < 4.78 is 29.5. The summed E-state index contributed by atoms with van der Waals surface area (Å²) >= 11 is 0. The van der Waals surface area contributed by atoms with E-state index in [1.807, 2.05) is 108 Å². The Bertz CT molecular complexity index is 1730. The predicted molar refractivity (Wildman–Crippen MR) is 180 cm³/mol. The van der Waals surface area contributed by atoms with Gasteiger partial charge in [-0.1, -0.05) is 96.1 Å². The van der Waals surface area contributed by atoms with Crippen molar-refractivity contribution in [2.45, 2.75) is 71.0 Å². The predicted octanol–water partition coefficient (Wildman–Crippen LogP) is 6.36. The number of carbonyl (C=O) groups excluding carboxylic acids is 2. The van der Waals surface area contributed by atoms with Crippen molar-refractivity contribution in [1.82, 2.24) is 10.2 Å². The summed E-state index contributed by atoms with van der Waals surface area (Å²) in [5, 5.41) is 3.06. The van der Waals surface area contributed by atoms with Crippen LogP contribution in [0.4, 0.5) is 5.69 Å². The number of rotatable bonds is 11. The average molecular weight is 626 g/mol. The zero-order valence-electron chi connectivity index (χ0n) is 26.9. The highest BCUT2D eigenvalue weighted by atomic mass is 32.2. The number of nitrogens with one attached hydrogen (secondary N) is 1. The van der Waals surface area contributed by atoms with Gasteiger partial charge in [-0.05, 0) is 76.4 Å². The minimum Gasteiger partial charge on any atom is -0.350 e. The molecule has 0 aliphatic rings. The standard InChI is InChI=1S/C37H43N3O4S/c1-27-14-13-17-31(23-27)25-39(34(36(42)38-37(4,5)6)24-30-15-9-7-10-16-30)35(41)26-40(33-21-20-28(2)22-29(33)3)45(43,44)32-18-11-8-12-19-32/h7-23,34H,24-26H2,1-6H3,(H,38,42)/t34-/m1/s1. The first-order valence-corrected chi connectivity index (χ1v) is 16.5. The van der Waals surface area contributed by atoms with Crippen LogP contribution in [0.1, 0.15) is 48.6 Å². The maximum Gasteiger partial charge on any atom is 0.264 e. The second kappa shape index (κ2) is 14.1. The van der Waals surface area contributed by atoms with Crippen LogP contribution in [0.15, 0.2) is 108 Å². The van der Waals surface area contributed by atoms with Crippen LogP contribution in [-0.4, -0.2) is 43.3 Å². The van der Waals surface area contributed by atoms with Gasteiger partial charge in [-0.2, -0.15) is 0 Å². The van der Waals surface area contributed by atoms with Crippen LogP contribution in [-0.2, 0) is 32.6 Å². The number of aryl methyl sites for hydroxylation is 3. The lowest BCUT2D eigenvalue weighted by atomic mass is 10.0. The third-order valence-corrected chi connectivity index (χ3v) is 9.21. The molecule has 4 aromatic rings. The third-order valence-electron chi connectivity index (χ3n) is 7.44. The van der Waals surface area contributed by atoms with Gasteiger partial charge in [0.1, 0.15) is 12.6 Å². The first-order valence-electron chi connectivity index (χ1n) is 15.1. The molecule has 0 radical (unpaired) electrons. The van der Waals surface area contributed by atoms with Gasteiger partial charge in [0.25, 0.3) is 10.0 Å². The first-order chi connectivity index (χ1) is 21.2. The fourth-order valence-corrected chi connectivity index (χ4v) is 6.83. The maximum absolute atomic E-state index is 14.6. The smallest absolute Gasteiger partial charge is 0.264 e. The molecule has 0 heterocycles. The minimum absolute atomic E-state index is 0.0781. The number of hydrogen-bond donors (Lipinski definition) is 1. The molecule has 4 rings (SSSR count). The van der Waals surface area contributed by atoms with E-state index in [1.54, 1.807) is 24.3 Å². The Morgan fingerprint density at radius 3 is 1.96 bits per heavy atom. The Morgan fingerprint density at radius 1 is 0.756 bits per heavy atom. The van der Waals surface area contributed by atoms with Gasteiger partial charge in [0, 0.05) is 18.5 Å². The van der Waals surface area contributed by atoms with Crippen LogP contribution < -0.4 is 9.62 Å². The zero-order valence-corrected chi connectivity index (χ0v) is 27.8. The van der Waals surface area contributed by atoms with Crippen LogP contribution in [0.2, 0.25) is 0 Å². The highest BCUT2D eigenvalue weighted by molar-refractivity contribution is 7.92. The third kappa shape index (κ3) is 8.82. The van der Waals surface area contributed by atoms with E-state index >= 15 is 0 Å². The van der Waals surface area contributed by atoms with Crippen molar-refractivity contribution in [3.8, 4) is 0 Å². The molecule has 0 saturated carbocycles. The Balaban J connectivity index is 1.84. The molecule has 7 nitrogen and oxygen atoms in total. The van der Waals surface area contributed by atoms with Crippen molar-refractivity contribution in [1.29, 1.82) is 0 Å². The summed E-state index contributed by atoms with van der Waals surface area (Å²) in [7, 11) is -4.15. The zero-order chi connectivity index (χ0) is 32.8. The SMILES string of the molecule is Cc1cccc(CN(C(=O)CN(c2ccc(C)cc2C)S(=O)(=O)c2ccccc2)[C@H](Cc2ccccc2)C(=O)NC(C)(C)C)c1. The summed E-state index contributed by atoms with van der Waals surface area (Å²) in [6.45, 7) is 11.1. The van der Waals surface area contributed by atoms with Crippen molar-refractivity contribution >= 4 is 27.5 Å². The molecule has 45 heavy (non-hydrogen) atoms. The molecule has 0 aliphatic heterocycles. The molecule has 4 aromatic carbocycles. The number of amides is 2. The summed E-state index contributed by atoms with van der Waals surface area (Å²) in [5.41, 5.74) is 4.30. The van der Waals surface area contributed by atoms with Crippen LogP contribution in [0, 0.1) is 20.8 Å². The van der Waals surface area contributed by atoms with E-state index in [0.717, 1.165) is 27.8 Å². The monoisotopic (exact) mass is 625 g/mol. The Morgan fingerprint density at radius 2 is 1.36 bits per heavy atom. The molecule has 0 bridgehead atoms. The molecule has 0 fully saturated rings. The topological polar surface area (TPSA) is 86.8 Å². The van der Waals surface area contributed by atoms with E-state index in [1.165, 1.54) is 21.3 Å². The van der Waals surface area contributed by atoms with E-state index in [-0.39, 0.29) is 23.8 Å². The fraction of sp³-hybridized carbons (Fsp3) is 0.297. The molecule has 0 aromatic heterocycles. The Labute approximate surface area is 268 Å². The van der Waals surface area contributed by atoms with Crippen molar-refractivity contribution in [2.24, 2.45) is 0 Å². The molecule has 1 N–H and O–H groups in total. The average Bonchev–Trinajstić information content (AvgIpc) is 2.98. The van der Waals surface area contributed by atoms with Gasteiger partial charge < -0.3 is 10.2 Å². The first kappa shape index (κ1) is 33.5. The highest BCUT2D eigenvalue weighted by Gasteiger charge is 2.36. The minimum atomic E-state index is -4.15. The van der Waals surface area contributed by atoms with Gasteiger partial charge in [-0.25, -0.2) is 8.42 Å². The Hall–Kier alpha value is -4.43. The maximum atomic E-state index is 14.6. The van der Waals surface area contributed by atoms with Crippen molar-refractivity contribution in [3.63, 3.8) is 0 Å². The molecule has 2 amide bonds. The normalized spacial score (nSPS) is 12.3. The lowest BCUT2D eigenvalue weighted by Crippen LogP contribution is -2.56. The lowest BCUT2D eigenvalue weighted by molar-refractivity contribution is -0.140. The summed E-state index contributed by atoms with van der Waals surface area (Å²) in [4.78, 5) is 30.2. The number of carbonyl (C=O) groups is 2. The van der Waals surface area contributed by atoms with Crippen molar-refractivity contribution < 1.29 is 18.0 Å². The number of hydrogen-bond acceptors (Lipinski definition) is 4. The van der Waals surface area contributed by atoms with E-state index < -0.39 is 34.1 Å². The van der Waals surface area contributed by atoms with Crippen LogP contribution in [0.5, 0.6) is 0 Å². The molecule has 236 valence electrons. The van der Waals surface area contributed by atoms with Gasteiger partial charge in [0.15, 0.2) is 0 Å². The number of benzene rings is 4. The summed E-state index contributed by atoms with van der Waals surface area (Å²) in [5.74, 6) is -0.794. The highest BCUT2D eigenvalue weighted by Crippen LogP contribution is 2.28. The van der Waals surface area contributed by atoms with Gasteiger partial charge in [-0.15, -0.1) is 0 Å². The largest absolute Gasteiger partial charge is 0.350 e. The van der Waals surface area contributed by atoms with Gasteiger partial charge >= 0.3 is 0 Å². The number of anilines is 1. The molecular formula is C37H43N3O4S. The molecule has 0 unspecified atom stereocenters. The van der Waals surface area contributed by atoms with Crippen molar-refractivity contribution in [3.05, 3.63) is 131 Å². The van der Waals surface area contributed by atoms with E-state index in [4.69, 9.17) is 0 Å². The molecule has 0 aliphatic carbocycles.